The van der Waals surface area contributed by atoms with Gasteiger partial charge in [-0.15, -0.1) is 0 Å². The maximum atomic E-state index is 12.6. The summed E-state index contributed by atoms with van der Waals surface area (Å²) in [5.41, 5.74) is 6.02. The Morgan fingerprint density at radius 2 is 0.371 bits per heavy atom. The summed E-state index contributed by atoms with van der Waals surface area (Å²) in [7, 11) is 0. The van der Waals surface area contributed by atoms with Crippen LogP contribution in [0.1, 0.15) is 261 Å². The molecule has 0 unspecified atom stereocenters. The van der Waals surface area contributed by atoms with E-state index in [1.165, 1.54) is 152 Å². The highest BCUT2D eigenvalue weighted by Crippen LogP contribution is 2.30. The zero-order valence-electron chi connectivity index (χ0n) is 46.4. The van der Waals surface area contributed by atoms with Gasteiger partial charge in [-0.05, 0) is 135 Å². The summed E-state index contributed by atoms with van der Waals surface area (Å²) in [6, 6.07) is 18.9. The van der Waals surface area contributed by atoms with Crippen LogP contribution in [-0.4, -0.2) is 0 Å². The molecule has 0 atom stereocenters. The summed E-state index contributed by atoms with van der Waals surface area (Å²) in [5.74, 6) is 9.96. The summed E-state index contributed by atoms with van der Waals surface area (Å²) in [6.45, 7) is 35.1. The van der Waals surface area contributed by atoms with Crippen LogP contribution in [-0.2, 0) is 0 Å². The van der Waals surface area contributed by atoms with Crippen LogP contribution in [0.2, 0.25) is 0 Å². The lowest BCUT2D eigenvalue weighted by Crippen LogP contribution is -2.08. The predicted molar refractivity (Wildman–Crippen MR) is 319 cm³/mol. The molecule has 5 saturated carbocycles. The van der Waals surface area contributed by atoms with Crippen molar-refractivity contribution < 1.29 is 8.78 Å². The number of rotatable bonds is 0. The molecular formula is C68H124F2. The summed E-state index contributed by atoms with van der Waals surface area (Å²) in [4.78, 5) is 0. The van der Waals surface area contributed by atoms with E-state index in [4.69, 9.17) is 0 Å². The van der Waals surface area contributed by atoms with Crippen molar-refractivity contribution in [2.45, 2.75) is 269 Å². The standard InChI is InChI=1S/2C8H9F.5C8H16.C8H10.4CH4/c2*1-6-3-4-7(2)8(9)5-6;6*1-7-3-5-8(2)6-4-7;;;;/h2*3-5H,1-2H3;5*7-8H,3-6H2,1-2H3;3-6H,1-2H3;4*1H4. The van der Waals surface area contributed by atoms with E-state index in [0.29, 0.717) is 11.1 Å². The van der Waals surface area contributed by atoms with Gasteiger partial charge >= 0.3 is 0 Å². The molecule has 0 heterocycles. The van der Waals surface area contributed by atoms with Crippen molar-refractivity contribution in [2.75, 3.05) is 0 Å². The Morgan fingerprint density at radius 1 is 0.243 bits per heavy atom. The van der Waals surface area contributed by atoms with E-state index in [1.54, 1.807) is 26.0 Å². The summed E-state index contributed by atoms with van der Waals surface area (Å²) in [6.07, 6.45) is 29.5. The molecule has 0 aromatic heterocycles. The molecule has 0 amide bonds. The van der Waals surface area contributed by atoms with Gasteiger partial charge < -0.3 is 0 Å². The van der Waals surface area contributed by atoms with E-state index >= 15 is 0 Å². The topological polar surface area (TPSA) is 0 Å². The molecule has 5 fully saturated rings. The van der Waals surface area contributed by atoms with Gasteiger partial charge in [-0.3, -0.25) is 0 Å². The maximum Gasteiger partial charge on any atom is 0.126 e. The minimum absolute atomic E-state index is 0. The van der Waals surface area contributed by atoms with Crippen molar-refractivity contribution in [3.8, 4) is 0 Å². The quantitative estimate of drug-likeness (QED) is 0.211. The third kappa shape index (κ3) is 39.1. The molecular weight excluding hydrogens is 855 g/mol. The van der Waals surface area contributed by atoms with E-state index in [-0.39, 0.29) is 41.3 Å². The van der Waals surface area contributed by atoms with Crippen molar-refractivity contribution in [3.63, 3.8) is 0 Å². The second-order valence-electron chi connectivity index (χ2n) is 23.5. The number of benzene rings is 3. The van der Waals surface area contributed by atoms with Crippen LogP contribution in [0.4, 0.5) is 8.78 Å². The molecule has 0 N–H and O–H groups in total. The van der Waals surface area contributed by atoms with Crippen molar-refractivity contribution in [1.29, 1.82) is 0 Å². The monoisotopic (exact) mass is 979 g/mol. The van der Waals surface area contributed by atoms with E-state index in [9.17, 15) is 8.78 Å². The first-order valence-corrected chi connectivity index (χ1v) is 27.6. The molecule has 0 spiro atoms. The Kier molecular flexibility index (Phi) is 45.5. The molecule has 8 rings (SSSR count). The van der Waals surface area contributed by atoms with E-state index in [1.807, 2.05) is 26.0 Å². The second-order valence-corrected chi connectivity index (χ2v) is 23.5. The lowest BCUT2D eigenvalue weighted by atomic mass is 9.84. The third-order valence-electron chi connectivity index (χ3n) is 15.4. The zero-order chi connectivity index (χ0) is 49.6. The van der Waals surface area contributed by atoms with Crippen molar-refractivity contribution in [1.82, 2.24) is 0 Å². The minimum Gasteiger partial charge on any atom is -0.207 e. The molecule has 0 saturated heterocycles. The van der Waals surface area contributed by atoms with Crippen LogP contribution in [0.3, 0.4) is 0 Å². The fourth-order valence-corrected chi connectivity index (χ4v) is 9.17. The largest absolute Gasteiger partial charge is 0.207 e. The normalized spacial score (nSPS) is 26.3. The highest BCUT2D eigenvalue weighted by atomic mass is 19.1. The molecule has 0 bridgehead atoms. The molecule has 70 heavy (non-hydrogen) atoms. The van der Waals surface area contributed by atoms with Crippen molar-refractivity contribution >= 4 is 0 Å². The Labute approximate surface area is 440 Å². The number of hydrogen-bond donors (Lipinski definition) is 0. The average Bonchev–Trinajstić information content (AvgIpc) is 3.29. The number of hydrogen-bond acceptors (Lipinski definition) is 0. The van der Waals surface area contributed by atoms with Crippen LogP contribution in [0, 0.1) is 112 Å². The lowest BCUT2D eigenvalue weighted by Gasteiger charge is -2.22. The first kappa shape index (κ1) is 74.0. The molecule has 3 aromatic carbocycles. The van der Waals surface area contributed by atoms with Crippen LogP contribution in [0.5, 0.6) is 0 Å². The summed E-state index contributed by atoms with van der Waals surface area (Å²) >= 11 is 0. The Morgan fingerprint density at radius 3 is 0.486 bits per heavy atom. The average molecular weight is 980 g/mol. The molecule has 0 aliphatic heterocycles. The van der Waals surface area contributed by atoms with Crippen LogP contribution in [0.15, 0.2) is 60.7 Å². The molecule has 0 radical (unpaired) electrons. The smallest absolute Gasteiger partial charge is 0.126 e. The first-order chi connectivity index (χ1) is 31.1. The molecule has 2 heteroatoms. The maximum absolute atomic E-state index is 12.6. The van der Waals surface area contributed by atoms with Gasteiger partial charge in [0.05, 0.1) is 0 Å². The second kappa shape index (κ2) is 43.0. The highest BCUT2D eigenvalue weighted by Gasteiger charge is 2.16. The van der Waals surface area contributed by atoms with Crippen LogP contribution >= 0.6 is 0 Å². The number of aryl methyl sites for hydroxylation is 6. The fraction of sp³-hybridized carbons (Fsp3) is 0.735. The zero-order valence-corrected chi connectivity index (χ0v) is 46.4. The van der Waals surface area contributed by atoms with Gasteiger partial charge in [0, 0.05) is 0 Å². The number of halogens is 2. The van der Waals surface area contributed by atoms with Crippen LogP contribution < -0.4 is 0 Å². The van der Waals surface area contributed by atoms with Crippen molar-refractivity contribution in [2.24, 2.45) is 59.2 Å². The minimum atomic E-state index is -0.116. The summed E-state index contributed by atoms with van der Waals surface area (Å²) in [5, 5.41) is 0. The third-order valence-corrected chi connectivity index (χ3v) is 15.4. The summed E-state index contributed by atoms with van der Waals surface area (Å²) < 4.78 is 25.2. The first-order valence-electron chi connectivity index (χ1n) is 27.6. The van der Waals surface area contributed by atoms with Gasteiger partial charge in [-0.1, -0.05) is 287 Å². The van der Waals surface area contributed by atoms with E-state index in [0.717, 1.165) is 70.3 Å². The van der Waals surface area contributed by atoms with Gasteiger partial charge in [0.15, 0.2) is 0 Å². The van der Waals surface area contributed by atoms with Gasteiger partial charge in [0.25, 0.3) is 0 Å². The fourth-order valence-electron chi connectivity index (χ4n) is 9.17. The molecule has 3 aromatic rings. The van der Waals surface area contributed by atoms with E-state index in [2.05, 4.69) is 107 Å². The van der Waals surface area contributed by atoms with E-state index < -0.39 is 0 Å². The molecule has 410 valence electrons. The SMILES string of the molecule is C.C.C.C.CC1CCC(C)CC1.CC1CCC(C)CC1.CC1CCC(C)CC1.CC1CCC(C)CC1.CC1CCC(C)CC1.Cc1ccc(C)c(F)c1.Cc1ccc(C)c(F)c1.Cc1ccc(C)cc1. The van der Waals surface area contributed by atoms with Gasteiger partial charge in [-0.2, -0.15) is 0 Å². The Balaban J connectivity index is -0.000000353. The van der Waals surface area contributed by atoms with Gasteiger partial charge in [-0.25, -0.2) is 8.78 Å². The molecule has 0 nitrogen and oxygen atoms in total. The lowest BCUT2D eigenvalue weighted by molar-refractivity contribution is 0.308. The predicted octanol–water partition coefficient (Wildman–Crippen LogP) is 23.9. The highest BCUT2D eigenvalue weighted by molar-refractivity contribution is 5.22. The molecule has 5 aliphatic carbocycles. The van der Waals surface area contributed by atoms with Gasteiger partial charge in [0.2, 0.25) is 0 Å². The van der Waals surface area contributed by atoms with Crippen molar-refractivity contribution in [3.05, 3.63) is 106 Å². The molecule has 5 aliphatic rings. The van der Waals surface area contributed by atoms with Crippen LogP contribution in [0.25, 0.3) is 0 Å². The Hall–Kier alpha value is -2.48. The Bertz CT molecular complexity index is 1350. The van der Waals surface area contributed by atoms with Gasteiger partial charge in [0.1, 0.15) is 11.6 Å².